The van der Waals surface area contributed by atoms with Crippen molar-refractivity contribution in [3.05, 3.63) is 29.8 Å². The lowest BCUT2D eigenvalue weighted by molar-refractivity contribution is -0.275. The van der Waals surface area contributed by atoms with Gasteiger partial charge in [0.1, 0.15) is 11.4 Å². The number of alkyl carbamates (subject to hydrolysis) is 1. The van der Waals surface area contributed by atoms with Crippen molar-refractivity contribution in [2.24, 2.45) is 0 Å². The molecular weight excluding hydrogens is 359 g/mol. The number of benzene rings is 1. The third-order valence-corrected chi connectivity index (χ3v) is 3.88. The molecule has 1 atom stereocenters. The van der Waals surface area contributed by atoms with Crippen LogP contribution in [-0.2, 0) is 4.74 Å². The average Bonchev–Trinajstić information content (AvgIpc) is 2.52. The van der Waals surface area contributed by atoms with Crippen LogP contribution in [0.4, 0.5) is 18.0 Å². The van der Waals surface area contributed by atoms with Gasteiger partial charge in [0, 0.05) is 12.5 Å². The Kier molecular flexibility index (Phi) is 8.93. The molecule has 0 aromatic heterocycles. The van der Waals surface area contributed by atoms with Crippen LogP contribution in [0.3, 0.4) is 0 Å². The van der Waals surface area contributed by atoms with Crippen LogP contribution >= 0.6 is 0 Å². The van der Waals surface area contributed by atoms with Gasteiger partial charge in [-0.15, -0.1) is 13.2 Å². The Bertz CT molecular complexity index is 583. The summed E-state index contributed by atoms with van der Waals surface area (Å²) in [6.07, 6.45) is -0.733. The molecular formula is C20H30F3NO3. The second-order valence-corrected chi connectivity index (χ2v) is 7.51. The second-order valence-electron chi connectivity index (χ2n) is 7.51. The number of unbranched alkanes of at least 4 members (excludes halogenated alkanes) is 3. The molecule has 0 saturated carbocycles. The fourth-order valence-corrected chi connectivity index (χ4v) is 2.74. The summed E-state index contributed by atoms with van der Waals surface area (Å²) in [5, 5.41) is 2.67. The summed E-state index contributed by atoms with van der Waals surface area (Å²) in [4.78, 5) is 11.9. The molecule has 0 saturated heterocycles. The highest BCUT2D eigenvalue weighted by Crippen LogP contribution is 2.33. The lowest BCUT2D eigenvalue weighted by Crippen LogP contribution is -2.35. The molecule has 7 heteroatoms. The van der Waals surface area contributed by atoms with Crippen molar-refractivity contribution < 1.29 is 27.4 Å². The van der Waals surface area contributed by atoms with E-state index in [1.165, 1.54) is 12.1 Å². The van der Waals surface area contributed by atoms with Crippen LogP contribution in [0, 0.1) is 0 Å². The monoisotopic (exact) mass is 389 g/mol. The van der Waals surface area contributed by atoms with E-state index in [4.69, 9.17) is 4.74 Å². The van der Waals surface area contributed by atoms with Gasteiger partial charge in [-0.25, -0.2) is 4.79 Å². The van der Waals surface area contributed by atoms with Crippen molar-refractivity contribution in [1.29, 1.82) is 0 Å². The normalized spacial score (nSPS) is 13.1. The van der Waals surface area contributed by atoms with E-state index >= 15 is 0 Å². The number of alkyl halides is 3. The smallest absolute Gasteiger partial charge is 0.444 e. The number of ether oxygens (including phenoxy) is 2. The van der Waals surface area contributed by atoms with Gasteiger partial charge in [0.25, 0.3) is 0 Å². The SMILES string of the molecule is CCCCCCC(CNC(=O)OC(C)(C)C)c1ccccc1OC(F)(F)F. The van der Waals surface area contributed by atoms with E-state index in [1.54, 1.807) is 32.9 Å². The lowest BCUT2D eigenvalue weighted by atomic mass is 9.92. The van der Waals surface area contributed by atoms with E-state index in [-0.39, 0.29) is 18.2 Å². The zero-order chi connectivity index (χ0) is 20.5. The summed E-state index contributed by atoms with van der Waals surface area (Å²) in [7, 11) is 0. The molecule has 1 unspecified atom stereocenters. The zero-order valence-corrected chi connectivity index (χ0v) is 16.5. The maximum absolute atomic E-state index is 12.7. The minimum absolute atomic E-state index is 0.180. The Morgan fingerprint density at radius 3 is 2.37 bits per heavy atom. The number of carbonyl (C=O) groups excluding carboxylic acids is 1. The molecule has 154 valence electrons. The van der Waals surface area contributed by atoms with Gasteiger partial charge in [0.05, 0.1) is 0 Å². The van der Waals surface area contributed by atoms with Crippen LogP contribution in [0.15, 0.2) is 24.3 Å². The first-order chi connectivity index (χ1) is 12.5. The third kappa shape index (κ3) is 10.1. The molecule has 0 heterocycles. The number of carbonyl (C=O) groups is 1. The lowest BCUT2D eigenvalue weighted by Gasteiger charge is -2.24. The van der Waals surface area contributed by atoms with Crippen molar-refractivity contribution in [3.63, 3.8) is 0 Å². The topological polar surface area (TPSA) is 47.6 Å². The Hall–Kier alpha value is -1.92. The summed E-state index contributed by atoms with van der Waals surface area (Å²) in [6.45, 7) is 7.52. The number of amides is 1. The number of hydrogen-bond donors (Lipinski definition) is 1. The molecule has 1 aromatic rings. The number of nitrogens with one attached hydrogen (secondary N) is 1. The van der Waals surface area contributed by atoms with Crippen molar-refractivity contribution in [2.75, 3.05) is 6.54 Å². The van der Waals surface area contributed by atoms with Crippen LogP contribution in [0.5, 0.6) is 5.75 Å². The first kappa shape index (κ1) is 23.1. The summed E-state index contributed by atoms with van der Waals surface area (Å²) in [5.41, 5.74) is -0.208. The van der Waals surface area contributed by atoms with Crippen LogP contribution in [-0.4, -0.2) is 24.6 Å². The zero-order valence-electron chi connectivity index (χ0n) is 16.5. The molecule has 4 nitrogen and oxygen atoms in total. The summed E-state index contributed by atoms with van der Waals surface area (Å²) >= 11 is 0. The molecule has 0 aliphatic carbocycles. The van der Waals surface area contributed by atoms with Gasteiger partial charge in [-0.1, -0.05) is 50.8 Å². The van der Waals surface area contributed by atoms with Crippen LogP contribution in [0.1, 0.15) is 71.3 Å². The number of para-hydroxylation sites is 1. The average molecular weight is 389 g/mol. The van der Waals surface area contributed by atoms with Gasteiger partial charge in [-0.05, 0) is 38.8 Å². The Balaban J connectivity index is 2.89. The fourth-order valence-electron chi connectivity index (χ4n) is 2.74. The predicted octanol–water partition coefficient (Wildman–Crippen LogP) is 6.16. The van der Waals surface area contributed by atoms with Crippen LogP contribution in [0.2, 0.25) is 0 Å². The van der Waals surface area contributed by atoms with Gasteiger partial charge >= 0.3 is 12.5 Å². The third-order valence-electron chi connectivity index (χ3n) is 3.88. The molecule has 0 spiro atoms. The molecule has 27 heavy (non-hydrogen) atoms. The maximum Gasteiger partial charge on any atom is 0.573 e. The van der Waals surface area contributed by atoms with E-state index in [1.807, 2.05) is 0 Å². The Morgan fingerprint density at radius 2 is 1.78 bits per heavy atom. The minimum Gasteiger partial charge on any atom is -0.444 e. The quantitative estimate of drug-likeness (QED) is 0.514. The molecule has 0 bridgehead atoms. The molecule has 1 rings (SSSR count). The van der Waals surface area contributed by atoms with Crippen molar-refractivity contribution in [3.8, 4) is 5.75 Å². The van der Waals surface area contributed by atoms with E-state index in [9.17, 15) is 18.0 Å². The summed E-state index contributed by atoms with van der Waals surface area (Å²) < 4.78 is 47.6. The van der Waals surface area contributed by atoms with Gasteiger partial charge < -0.3 is 14.8 Å². The molecule has 1 N–H and O–H groups in total. The highest BCUT2D eigenvalue weighted by atomic mass is 19.4. The predicted molar refractivity (Wildman–Crippen MR) is 98.9 cm³/mol. The van der Waals surface area contributed by atoms with Crippen LogP contribution in [0.25, 0.3) is 0 Å². The standard InChI is InChI=1S/C20H30F3NO3/c1-5-6-7-8-11-15(14-24-18(25)27-19(2,3)4)16-12-9-10-13-17(16)26-20(21,22)23/h9-10,12-13,15H,5-8,11,14H2,1-4H3,(H,24,25). The van der Waals surface area contributed by atoms with Crippen LogP contribution < -0.4 is 10.1 Å². The largest absolute Gasteiger partial charge is 0.573 e. The maximum atomic E-state index is 12.7. The van der Waals surface area contributed by atoms with E-state index in [2.05, 4.69) is 17.0 Å². The van der Waals surface area contributed by atoms with E-state index in [0.29, 0.717) is 12.0 Å². The highest BCUT2D eigenvalue weighted by Gasteiger charge is 2.33. The van der Waals surface area contributed by atoms with Gasteiger partial charge in [0.2, 0.25) is 0 Å². The number of rotatable bonds is 9. The van der Waals surface area contributed by atoms with E-state index in [0.717, 1.165) is 25.7 Å². The first-order valence-corrected chi connectivity index (χ1v) is 9.33. The van der Waals surface area contributed by atoms with Gasteiger partial charge in [-0.3, -0.25) is 0 Å². The molecule has 1 amide bonds. The fraction of sp³-hybridized carbons (Fsp3) is 0.650. The van der Waals surface area contributed by atoms with Gasteiger partial charge in [0.15, 0.2) is 0 Å². The molecule has 0 aliphatic rings. The first-order valence-electron chi connectivity index (χ1n) is 9.33. The van der Waals surface area contributed by atoms with Gasteiger partial charge in [-0.2, -0.15) is 0 Å². The molecule has 0 aliphatic heterocycles. The summed E-state index contributed by atoms with van der Waals surface area (Å²) in [5.74, 6) is -0.524. The van der Waals surface area contributed by atoms with Crippen molar-refractivity contribution in [1.82, 2.24) is 5.32 Å². The van der Waals surface area contributed by atoms with Crippen molar-refractivity contribution in [2.45, 2.75) is 77.7 Å². The highest BCUT2D eigenvalue weighted by molar-refractivity contribution is 5.67. The Labute approximate surface area is 159 Å². The molecule has 1 aromatic carbocycles. The van der Waals surface area contributed by atoms with Crippen molar-refractivity contribution >= 4 is 6.09 Å². The number of halogens is 3. The molecule has 0 fully saturated rings. The second kappa shape index (κ2) is 10.4. The summed E-state index contributed by atoms with van der Waals surface area (Å²) in [6, 6.07) is 6.09. The molecule has 0 radical (unpaired) electrons. The minimum atomic E-state index is -4.76. The number of hydrogen-bond acceptors (Lipinski definition) is 3. The van der Waals surface area contributed by atoms with E-state index < -0.39 is 18.1 Å². The Morgan fingerprint density at radius 1 is 1.11 bits per heavy atom.